The number of benzene rings is 1. The van der Waals surface area contributed by atoms with E-state index in [-0.39, 0.29) is 13.0 Å². The van der Waals surface area contributed by atoms with Gasteiger partial charge in [-0.05, 0) is 6.42 Å². The van der Waals surface area contributed by atoms with E-state index in [1.165, 1.54) is 7.05 Å². The molecule has 180 valence electrons. The molecule has 1 aliphatic heterocycles. The number of anilines is 2. The van der Waals surface area contributed by atoms with E-state index in [0.29, 0.717) is 16.4 Å². The molecule has 3 N–H and O–H groups in total. The molecule has 0 aliphatic carbocycles. The molecule has 0 bridgehead atoms. The maximum Gasteiger partial charge on any atom is 0.407 e. The smallest absolute Gasteiger partial charge is 0.407 e. The summed E-state index contributed by atoms with van der Waals surface area (Å²) in [7, 11) is 1.20. The van der Waals surface area contributed by atoms with E-state index in [0.717, 1.165) is 15.7 Å². The number of aliphatic hydroxyl groups excluding tert-OH is 1. The quantitative estimate of drug-likeness (QED) is 0.317. The average Bonchev–Trinajstić information content (AvgIpc) is 3.27. The number of carbonyl (C=O) groups is 2. The Labute approximate surface area is 186 Å². The molecule has 1 unspecified atom stereocenters. The summed E-state index contributed by atoms with van der Waals surface area (Å²) in [6.07, 6.45) is -0.579. The van der Waals surface area contributed by atoms with Crippen molar-refractivity contribution < 1.29 is 46.1 Å². The van der Waals surface area contributed by atoms with E-state index in [1.807, 2.05) is 5.32 Å². The molecule has 2 amide bonds. The SMILES string of the molecule is Cn1cc(N([C@@H]2C[C@H](CO)N(C(=O)O)C2)S(=O)[O-])c(F)c1C(=O)Nc1cc(F)c(F)c(F)c1. The van der Waals surface area contributed by atoms with Crippen LogP contribution in [0.25, 0.3) is 0 Å². The average molecular weight is 493 g/mol. The van der Waals surface area contributed by atoms with Gasteiger partial charge in [-0.1, -0.05) is 0 Å². The number of likely N-dealkylation sites (tertiary alicyclic amines) is 1. The number of aliphatic hydroxyl groups is 1. The van der Waals surface area contributed by atoms with Gasteiger partial charge in [-0.15, -0.1) is 0 Å². The first-order valence-electron chi connectivity index (χ1n) is 9.26. The van der Waals surface area contributed by atoms with Gasteiger partial charge in [0, 0.05) is 48.9 Å². The molecular weight excluding hydrogens is 476 g/mol. The molecule has 0 radical (unpaired) electrons. The first-order chi connectivity index (χ1) is 15.5. The van der Waals surface area contributed by atoms with E-state index < -0.39 is 82.3 Å². The summed E-state index contributed by atoms with van der Waals surface area (Å²) in [4.78, 5) is 24.7. The summed E-state index contributed by atoms with van der Waals surface area (Å²) >= 11 is -3.10. The second kappa shape index (κ2) is 9.36. The molecule has 3 rings (SSSR count). The monoisotopic (exact) mass is 493 g/mol. The highest BCUT2D eigenvalue weighted by molar-refractivity contribution is 7.80. The number of aromatic nitrogens is 1. The number of nitrogens with one attached hydrogen (secondary N) is 1. The molecule has 33 heavy (non-hydrogen) atoms. The minimum Gasteiger partial charge on any atom is -0.755 e. The Morgan fingerprint density at radius 3 is 2.33 bits per heavy atom. The number of aryl methyl sites for hydroxylation is 1. The lowest BCUT2D eigenvalue weighted by molar-refractivity contribution is 0.101. The van der Waals surface area contributed by atoms with Crippen LogP contribution in [0.15, 0.2) is 18.3 Å². The minimum absolute atomic E-state index is 0.138. The Hall–Kier alpha value is -3.17. The lowest BCUT2D eigenvalue weighted by Crippen LogP contribution is -2.40. The Morgan fingerprint density at radius 1 is 1.24 bits per heavy atom. The number of carboxylic acid groups (broad SMARTS) is 1. The fourth-order valence-corrected chi connectivity index (χ4v) is 4.36. The maximum absolute atomic E-state index is 15.2. The van der Waals surface area contributed by atoms with Crippen LogP contribution in [0.2, 0.25) is 0 Å². The zero-order valence-corrected chi connectivity index (χ0v) is 17.6. The van der Waals surface area contributed by atoms with Gasteiger partial charge < -0.3 is 29.5 Å². The van der Waals surface area contributed by atoms with Crippen LogP contribution in [-0.2, 0) is 18.3 Å². The summed E-state index contributed by atoms with van der Waals surface area (Å²) < 4.78 is 80.3. The topological polar surface area (TPSA) is 138 Å². The molecule has 1 fully saturated rings. The number of amides is 2. The molecule has 2 aromatic rings. The van der Waals surface area contributed by atoms with Gasteiger partial charge in [0.1, 0.15) is 11.4 Å². The van der Waals surface area contributed by atoms with Crippen LogP contribution in [-0.4, -0.2) is 65.7 Å². The zero-order valence-electron chi connectivity index (χ0n) is 16.8. The van der Waals surface area contributed by atoms with Gasteiger partial charge in [0.05, 0.1) is 18.7 Å². The van der Waals surface area contributed by atoms with Crippen LogP contribution in [0, 0.1) is 23.3 Å². The Kier molecular flexibility index (Phi) is 6.94. The minimum atomic E-state index is -3.10. The van der Waals surface area contributed by atoms with Gasteiger partial charge in [0.2, 0.25) is 0 Å². The van der Waals surface area contributed by atoms with E-state index in [2.05, 4.69) is 0 Å². The van der Waals surface area contributed by atoms with Gasteiger partial charge in [-0.2, -0.15) is 0 Å². The molecule has 10 nitrogen and oxygen atoms in total. The summed E-state index contributed by atoms with van der Waals surface area (Å²) in [6.45, 7) is -0.948. The molecule has 0 saturated carbocycles. The second-order valence-corrected chi connectivity index (χ2v) is 8.03. The van der Waals surface area contributed by atoms with Crippen molar-refractivity contribution in [3.63, 3.8) is 0 Å². The Balaban J connectivity index is 1.93. The molecule has 1 aromatic carbocycles. The fraction of sp³-hybridized carbons (Fsp3) is 0.333. The zero-order chi connectivity index (χ0) is 24.6. The molecule has 1 saturated heterocycles. The Morgan fingerprint density at radius 2 is 1.85 bits per heavy atom. The maximum atomic E-state index is 15.2. The molecule has 15 heteroatoms. The lowest BCUT2D eigenvalue weighted by atomic mass is 10.2. The highest BCUT2D eigenvalue weighted by Gasteiger charge is 2.40. The molecule has 1 aromatic heterocycles. The van der Waals surface area contributed by atoms with Crippen LogP contribution in [0.4, 0.5) is 33.7 Å². The van der Waals surface area contributed by atoms with Gasteiger partial charge in [0.25, 0.3) is 5.91 Å². The molecular formula is C18H17F4N4O6S-. The normalized spacial score (nSPS) is 18.9. The van der Waals surface area contributed by atoms with Crippen molar-refractivity contribution in [2.45, 2.75) is 18.5 Å². The van der Waals surface area contributed by atoms with Crippen LogP contribution in [0.1, 0.15) is 16.9 Å². The van der Waals surface area contributed by atoms with Gasteiger partial charge in [0.15, 0.2) is 23.3 Å². The first-order valence-corrected chi connectivity index (χ1v) is 10.3. The van der Waals surface area contributed by atoms with Crippen LogP contribution in [0.5, 0.6) is 0 Å². The lowest BCUT2D eigenvalue weighted by Gasteiger charge is -2.31. The van der Waals surface area contributed by atoms with Gasteiger partial charge >= 0.3 is 6.09 Å². The number of nitrogens with zero attached hydrogens (tertiary/aromatic N) is 3. The van der Waals surface area contributed by atoms with Crippen molar-refractivity contribution in [1.82, 2.24) is 9.47 Å². The van der Waals surface area contributed by atoms with Crippen molar-refractivity contribution in [3.05, 3.63) is 47.3 Å². The highest BCUT2D eigenvalue weighted by atomic mass is 32.2. The van der Waals surface area contributed by atoms with E-state index in [9.17, 15) is 41.7 Å². The number of hydrogen-bond donors (Lipinski definition) is 3. The first kappa shape index (κ1) is 24.5. The third-order valence-electron chi connectivity index (χ3n) is 5.14. The van der Waals surface area contributed by atoms with Crippen LogP contribution >= 0.6 is 0 Å². The predicted molar refractivity (Wildman–Crippen MR) is 105 cm³/mol. The van der Waals surface area contributed by atoms with Crippen molar-refractivity contribution in [2.24, 2.45) is 7.05 Å². The summed E-state index contributed by atoms with van der Waals surface area (Å²) in [5.41, 5.74) is -1.81. The number of carbonyl (C=O) groups excluding carboxylic acids is 1. The van der Waals surface area contributed by atoms with Crippen LogP contribution in [0.3, 0.4) is 0 Å². The molecule has 2 heterocycles. The van der Waals surface area contributed by atoms with Gasteiger partial charge in [-0.3, -0.25) is 13.3 Å². The van der Waals surface area contributed by atoms with Crippen molar-refractivity contribution >= 4 is 34.6 Å². The molecule has 1 aliphatic rings. The molecule has 3 atom stereocenters. The number of halogens is 4. The van der Waals surface area contributed by atoms with Gasteiger partial charge in [-0.25, -0.2) is 22.4 Å². The standard InChI is InChI=1S/C18H18F4N4O6S/c1-24-6-13(26(33(31)32)9-4-10(7-27)25(5-9)18(29)30)15(22)16(24)17(28)23-8-2-11(19)14(21)12(20)3-8/h2-3,6,9-10,27H,4-5,7H2,1H3,(H,23,28)(H,29,30)(H,31,32)/p-1/t9-,10-/m1/s1. The second-order valence-electron chi connectivity index (χ2n) is 7.20. The summed E-state index contributed by atoms with van der Waals surface area (Å²) in [5.74, 6) is -7.46. The number of hydrogen-bond acceptors (Lipinski definition) is 5. The summed E-state index contributed by atoms with van der Waals surface area (Å²) in [6, 6.07) is -1.04. The van der Waals surface area contributed by atoms with Crippen molar-refractivity contribution in [3.8, 4) is 0 Å². The van der Waals surface area contributed by atoms with E-state index in [1.54, 1.807) is 0 Å². The largest absolute Gasteiger partial charge is 0.755 e. The predicted octanol–water partition coefficient (Wildman–Crippen LogP) is 1.55. The van der Waals surface area contributed by atoms with Crippen molar-refractivity contribution in [1.29, 1.82) is 0 Å². The third kappa shape index (κ3) is 4.65. The number of rotatable bonds is 6. The Bertz CT molecular complexity index is 1110. The third-order valence-corrected chi connectivity index (χ3v) is 5.95. The highest BCUT2D eigenvalue weighted by Crippen LogP contribution is 2.32. The van der Waals surface area contributed by atoms with E-state index >= 15 is 4.39 Å². The van der Waals surface area contributed by atoms with Crippen LogP contribution < -0.4 is 9.62 Å². The summed E-state index contributed by atoms with van der Waals surface area (Å²) in [5, 5.41) is 20.6. The van der Waals surface area contributed by atoms with E-state index in [4.69, 9.17) is 0 Å². The molecule has 0 spiro atoms. The fourth-order valence-electron chi connectivity index (χ4n) is 3.68. The van der Waals surface area contributed by atoms with Crippen molar-refractivity contribution in [2.75, 3.05) is 22.8 Å².